The third-order valence-electron chi connectivity index (χ3n) is 18.3. The van der Waals surface area contributed by atoms with Gasteiger partial charge in [-0.1, -0.05) is 404 Å². The van der Waals surface area contributed by atoms with Gasteiger partial charge in [0.15, 0.2) is 0 Å². The Morgan fingerprint density at radius 3 is 1.14 bits per heavy atom. The van der Waals surface area contributed by atoms with Crippen LogP contribution in [0.5, 0.6) is 0 Å². The lowest BCUT2D eigenvalue weighted by Gasteiger charge is -2.00. The molecule has 0 bridgehead atoms. The van der Waals surface area contributed by atoms with Crippen LogP contribution in [-0.2, 0) is 14.1 Å². The minimum Gasteiger partial charge on any atom is -0.456 e. The lowest BCUT2D eigenvalue weighted by atomic mass is 10.1. The third kappa shape index (κ3) is 29.0. The summed E-state index contributed by atoms with van der Waals surface area (Å²) in [6, 6.07) is 97.8. The van der Waals surface area contributed by atoms with Gasteiger partial charge in [-0.2, -0.15) is 0 Å². The summed E-state index contributed by atoms with van der Waals surface area (Å²) in [6.45, 7) is 66.9. The summed E-state index contributed by atoms with van der Waals surface area (Å²) in [4.78, 5) is 4.11. The van der Waals surface area contributed by atoms with Crippen LogP contribution in [-0.4, -0.2) is 14.1 Å². The van der Waals surface area contributed by atoms with Gasteiger partial charge >= 0.3 is 0 Å². The van der Waals surface area contributed by atoms with Crippen molar-refractivity contribution in [1.29, 1.82) is 0 Å². The molecule has 0 aliphatic rings. The zero-order valence-electron chi connectivity index (χ0n) is 82.2. The maximum Gasteiger partial charge on any atom is 0.138 e. The van der Waals surface area contributed by atoms with Gasteiger partial charge in [0.25, 0.3) is 0 Å². The second kappa shape index (κ2) is 62.1. The number of rotatable bonds is 0. The van der Waals surface area contributed by atoms with E-state index >= 15 is 0 Å². The zero-order valence-corrected chi connectivity index (χ0v) is 83.8. The van der Waals surface area contributed by atoms with E-state index in [1.807, 2.05) is 258 Å². The smallest absolute Gasteiger partial charge is 0.138 e. The summed E-state index contributed by atoms with van der Waals surface area (Å²) >= 11 is 3.76. The van der Waals surface area contributed by atoms with Gasteiger partial charge in [0.2, 0.25) is 0 Å². The molecule has 656 valence electrons. The van der Waals surface area contributed by atoms with E-state index in [-0.39, 0.29) is 0 Å². The van der Waals surface area contributed by atoms with Gasteiger partial charge in [0.1, 0.15) is 22.3 Å². The monoisotopic (exact) mass is 1680 g/mol. The van der Waals surface area contributed by atoms with Gasteiger partial charge in [-0.25, -0.2) is 0 Å². The Balaban J connectivity index is 0.000000687. The molecule has 5 nitrogen and oxygen atoms in total. The van der Waals surface area contributed by atoms with Crippen LogP contribution >= 0.6 is 22.7 Å². The molecule has 0 fully saturated rings. The molecule has 7 heteroatoms. The summed E-state index contributed by atoms with van der Waals surface area (Å²) in [7, 11) is 4.27. The molecular weight excluding hydrogens is 1530 g/mol. The van der Waals surface area contributed by atoms with Crippen molar-refractivity contribution in [2.45, 2.75) is 228 Å². The zero-order chi connectivity index (χ0) is 92.7. The Bertz CT molecular complexity index is 6000. The standard InChI is InChI=1S/2C14H13N.2C13H10O.2C13H10S.C10H9N.13C2H6/c1-10-6-5-8-12-11-7-3-4-9-13(11)15(2)14(10)12;1-10-7-8-12-11-5-3-4-6-13(11)15(2)14(12)9-10;1-9-5-4-7-11-10-6-2-3-8-12(10)14-13(9)11;1-9-6-7-11-10-4-2-3-5-12(10)14-13(11)8-9;1-9-5-4-7-11-10-6-2-3-8-12(10)14-13(9)11;1-9-6-7-11-10-4-2-3-5-12(10)14-13(11)8-9;1-8-6-11-7-9-4-2-3-5-10(8)9;13*1-2/h2*3-9H,1-2H3;4*2-8H,1H3;2-7H,1H3;13*1-2H3. The SMILES string of the molecule is CC.CC.CC.CC.CC.CC.CC.CC.CC.CC.CC.CC.CC.Cc1ccc2c(c1)oc1ccccc12.Cc1ccc2c(c1)sc1ccccc12.Cc1ccc2c3ccccc3n(C)c2c1.Cc1cccc2c1oc1ccccc12.Cc1cccc2c1sc1ccccc12.Cc1cccc2c3ccccc3n(C)c12.Cc1cncc2ccccc12. The Labute approximate surface area is 751 Å². The van der Waals surface area contributed by atoms with Crippen molar-refractivity contribution in [2.24, 2.45) is 14.1 Å². The number of para-hydroxylation sites is 6. The molecule has 0 amide bonds. The first kappa shape index (κ1) is 110. The van der Waals surface area contributed by atoms with Gasteiger partial charge in [-0.15, -0.1) is 22.7 Å². The maximum absolute atomic E-state index is 5.78. The predicted octanol–water partition coefficient (Wildman–Crippen LogP) is 39.7. The third-order valence-corrected chi connectivity index (χ3v) is 20.8. The van der Waals surface area contributed by atoms with Gasteiger partial charge in [-0.3, -0.25) is 4.98 Å². The van der Waals surface area contributed by atoms with E-state index in [1.54, 1.807) is 0 Å². The molecular formula is C116H153N3O2S2. The Kier molecular flexibility index (Phi) is 55.5. The van der Waals surface area contributed by atoms with E-state index < -0.39 is 0 Å². The van der Waals surface area contributed by atoms with Crippen molar-refractivity contribution in [1.82, 2.24) is 14.1 Å². The van der Waals surface area contributed by atoms with Crippen LogP contribution in [0.3, 0.4) is 0 Å². The van der Waals surface area contributed by atoms with Crippen LogP contribution in [0.15, 0.2) is 300 Å². The fraction of sp³-hybridized carbons (Fsp3) is 0.302. The van der Waals surface area contributed by atoms with Crippen LogP contribution in [0.4, 0.5) is 0 Å². The predicted molar refractivity (Wildman–Crippen MR) is 569 cm³/mol. The molecule has 0 unspecified atom stereocenters. The molecule has 20 aromatic rings. The lowest BCUT2D eigenvalue weighted by molar-refractivity contribution is 0.666. The molecule has 20 rings (SSSR count). The number of thiophene rings is 2. The highest BCUT2D eigenvalue weighted by atomic mass is 32.1. The van der Waals surface area contributed by atoms with Crippen molar-refractivity contribution in [3.8, 4) is 0 Å². The number of hydrogen-bond acceptors (Lipinski definition) is 5. The number of aromatic nitrogens is 3. The molecule has 0 atom stereocenters. The molecule has 0 saturated heterocycles. The van der Waals surface area contributed by atoms with Crippen molar-refractivity contribution in [3.05, 3.63) is 330 Å². The van der Waals surface area contributed by atoms with Crippen molar-refractivity contribution >= 4 is 161 Å². The summed E-state index contributed by atoms with van der Waals surface area (Å²) in [6.07, 6.45) is 3.78. The van der Waals surface area contributed by atoms with Gasteiger partial charge in [0, 0.05) is 132 Å². The number of aryl methyl sites for hydroxylation is 9. The second-order valence-electron chi connectivity index (χ2n) is 25.1. The first-order valence-electron chi connectivity index (χ1n) is 46.0. The summed E-state index contributed by atoms with van der Waals surface area (Å²) in [5, 5.41) is 18.3. The number of hydrogen-bond donors (Lipinski definition) is 0. The quantitative estimate of drug-likeness (QED) is 0.152. The number of pyridine rings is 1. The first-order chi connectivity index (χ1) is 60.3. The van der Waals surface area contributed by atoms with E-state index in [2.05, 4.69) is 313 Å². The van der Waals surface area contributed by atoms with Crippen LogP contribution in [0, 0.1) is 48.5 Å². The lowest BCUT2D eigenvalue weighted by Crippen LogP contribution is -1.88. The highest BCUT2D eigenvalue weighted by Crippen LogP contribution is 2.38. The van der Waals surface area contributed by atoms with E-state index in [0.29, 0.717) is 0 Å². The highest BCUT2D eigenvalue weighted by Gasteiger charge is 2.12. The minimum atomic E-state index is 0.966. The fourth-order valence-corrected chi connectivity index (χ4v) is 15.8. The molecule has 0 spiro atoms. The number of fused-ring (bicyclic) bond motifs is 19. The van der Waals surface area contributed by atoms with E-state index in [0.717, 1.165) is 22.3 Å². The molecule has 123 heavy (non-hydrogen) atoms. The van der Waals surface area contributed by atoms with E-state index in [9.17, 15) is 0 Å². The first-order valence-corrected chi connectivity index (χ1v) is 47.6. The molecule has 13 aromatic carbocycles. The molecule has 0 aliphatic heterocycles. The largest absolute Gasteiger partial charge is 0.456 e. The van der Waals surface area contributed by atoms with Crippen molar-refractivity contribution in [3.63, 3.8) is 0 Å². The van der Waals surface area contributed by atoms with Crippen LogP contribution < -0.4 is 0 Å². The normalized spacial score (nSPS) is 9.42. The van der Waals surface area contributed by atoms with E-state index in [4.69, 9.17) is 8.83 Å². The van der Waals surface area contributed by atoms with Gasteiger partial charge < -0.3 is 18.0 Å². The second-order valence-corrected chi connectivity index (χ2v) is 27.3. The average Bonchev–Trinajstić information content (AvgIpc) is 1.67. The van der Waals surface area contributed by atoms with E-state index in [1.165, 1.54) is 155 Å². The maximum atomic E-state index is 5.78. The Hall–Kier alpha value is -11.1. The van der Waals surface area contributed by atoms with Crippen LogP contribution in [0.25, 0.3) is 139 Å². The van der Waals surface area contributed by atoms with Crippen molar-refractivity contribution in [2.75, 3.05) is 0 Å². The van der Waals surface area contributed by atoms with Crippen molar-refractivity contribution < 1.29 is 8.83 Å². The molecule has 7 aromatic heterocycles. The Morgan fingerprint density at radius 2 is 0.585 bits per heavy atom. The summed E-state index contributed by atoms with van der Waals surface area (Å²) in [5.74, 6) is 0. The molecule has 0 radical (unpaired) electrons. The summed E-state index contributed by atoms with van der Waals surface area (Å²) in [5.41, 5.74) is 18.2. The van der Waals surface area contributed by atoms with Crippen LogP contribution in [0.1, 0.15) is 219 Å². The molecule has 0 N–H and O–H groups in total. The van der Waals surface area contributed by atoms with Gasteiger partial charge in [-0.05, 0) is 147 Å². The Morgan fingerprint density at radius 1 is 0.228 bits per heavy atom. The van der Waals surface area contributed by atoms with Crippen LogP contribution in [0.2, 0.25) is 0 Å². The highest BCUT2D eigenvalue weighted by molar-refractivity contribution is 7.26. The number of nitrogens with zero attached hydrogens (tertiary/aromatic N) is 3. The number of benzene rings is 13. The van der Waals surface area contributed by atoms with Gasteiger partial charge in [0.05, 0.1) is 5.52 Å². The average molecular weight is 1690 g/mol. The number of furan rings is 2. The molecule has 7 heterocycles. The fourth-order valence-electron chi connectivity index (χ4n) is 13.4. The summed E-state index contributed by atoms with van der Waals surface area (Å²) < 4.78 is 21.6. The topological polar surface area (TPSA) is 49.0 Å². The minimum absolute atomic E-state index is 0.966. The molecule has 0 saturated carbocycles. The molecule has 0 aliphatic carbocycles.